The van der Waals surface area contributed by atoms with Gasteiger partial charge in [0.15, 0.2) is 11.7 Å². The molecule has 1 unspecified atom stereocenters. The van der Waals surface area contributed by atoms with Gasteiger partial charge in [-0.2, -0.15) is 0 Å². The Hall–Kier alpha value is -1.28. The standard InChI is InChI=1S/C20H28BrN3O2S/c1-5-20(25-11-12-26-20)10-9-16(14-27-4)18(23-19(22)24(2)3)15-7-6-8-17(21)13-15/h6-10,13-14,18H,5,11-12H2,1-4H3,(H2,22,23)/b10-9+,16-14+. The Kier molecular flexibility index (Phi) is 8.41. The van der Waals surface area contributed by atoms with E-state index in [1.54, 1.807) is 11.8 Å². The lowest BCUT2D eigenvalue weighted by molar-refractivity contribution is -0.117. The number of nitrogens with zero attached hydrogens (tertiary/aromatic N) is 2. The molecule has 0 radical (unpaired) electrons. The van der Waals surface area contributed by atoms with Crippen molar-refractivity contribution in [3.63, 3.8) is 0 Å². The minimum atomic E-state index is -0.657. The first-order valence-corrected chi connectivity index (χ1v) is 10.9. The predicted octanol–water partition coefficient (Wildman–Crippen LogP) is 4.32. The number of aliphatic imine (C=N–C) groups is 1. The van der Waals surface area contributed by atoms with Gasteiger partial charge in [0.05, 0.1) is 13.2 Å². The van der Waals surface area contributed by atoms with E-state index in [-0.39, 0.29) is 6.04 Å². The van der Waals surface area contributed by atoms with Crippen LogP contribution in [-0.4, -0.2) is 50.2 Å². The Morgan fingerprint density at radius 3 is 2.67 bits per heavy atom. The highest BCUT2D eigenvalue weighted by Gasteiger charge is 2.32. The molecule has 1 aromatic carbocycles. The van der Waals surface area contributed by atoms with Crippen LogP contribution in [0.25, 0.3) is 0 Å². The van der Waals surface area contributed by atoms with Gasteiger partial charge in [0.25, 0.3) is 0 Å². The molecule has 1 saturated heterocycles. The zero-order valence-corrected chi connectivity index (χ0v) is 18.7. The molecular formula is C20H28BrN3O2S. The van der Waals surface area contributed by atoms with Gasteiger partial charge in [-0.25, -0.2) is 4.99 Å². The van der Waals surface area contributed by atoms with Crippen molar-refractivity contribution in [3.8, 4) is 0 Å². The number of halogens is 1. The number of rotatable bonds is 7. The van der Waals surface area contributed by atoms with Crippen molar-refractivity contribution < 1.29 is 9.47 Å². The molecule has 1 aromatic rings. The van der Waals surface area contributed by atoms with Crippen LogP contribution in [-0.2, 0) is 9.47 Å². The van der Waals surface area contributed by atoms with Gasteiger partial charge in [-0.1, -0.05) is 41.1 Å². The molecule has 0 aliphatic carbocycles. The van der Waals surface area contributed by atoms with Crippen molar-refractivity contribution in [3.05, 3.63) is 57.4 Å². The van der Waals surface area contributed by atoms with Gasteiger partial charge in [0.1, 0.15) is 6.04 Å². The topological polar surface area (TPSA) is 60.1 Å². The van der Waals surface area contributed by atoms with Crippen molar-refractivity contribution in [1.82, 2.24) is 4.90 Å². The summed E-state index contributed by atoms with van der Waals surface area (Å²) in [7, 11) is 3.77. The van der Waals surface area contributed by atoms with Gasteiger partial charge in [-0.05, 0) is 41.0 Å². The quantitative estimate of drug-likeness (QED) is 0.378. The molecule has 0 bridgehead atoms. The van der Waals surface area contributed by atoms with Crippen LogP contribution in [0.3, 0.4) is 0 Å². The highest BCUT2D eigenvalue weighted by Crippen LogP contribution is 2.32. The van der Waals surface area contributed by atoms with E-state index in [1.165, 1.54) is 0 Å². The lowest BCUT2D eigenvalue weighted by Crippen LogP contribution is -2.31. The zero-order chi connectivity index (χ0) is 19.9. The molecule has 1 aliphatic rings. The zero-order valence-electron chi connectivity index (χ0n) is 16.3. The lowest BCUT2D eigenvalue weighted by Gasteiger charge is -2.23. The average molecular weight is 454 g/mol. The average Bonchev–Trinajstić information content (AvgIpc) is 3.12. The Morgan fingerprint density at radius 1 is 1.41 bits per heavy atom. The number of thioether (sulfide) groups is 1. The van der Waals surface area contributed by atoms with Crippen molar-refractivity contribution in [2.75, 3.05) is 33.6 Å². The summed E-state index contributed by atoms with van der Waals surface area (Å²) in [5.41, 5.74) is 8.23. The molecule has 27 heavy (non-hydrogen) atoms. The maximum Gasteiger partial charge on any atom is 0.191 e. The number of hydrogen-bond donors (Lipinski definition) is 1. The van der Waals surface area contributed by atoms with Crippen LogP contribution in [0.5, 0.6) is 0 Å². The van der Waals surface area contributed by atoms with E-state index in [1.807, 2.05) is 49.5 Å². The van der Waals surface area contributed by atoms with Crippen molar-refractivity contribution >= 4 is 33.7 Å². The first kappa shape index (κ1) is 22.0. The second kappa shape index (κ2) is 10.3. The molecule has 148 valence electrons. The van der Waals surface area contributed by atoms with E-state index in [9.17, 15) is 0 Å². The normalized spacial score (nSPS) is 18.9. The minimum Gasteiger partial charge on any atom is -0.370 e. The van der Waals surface area contributed by atoms with Crippen LogP contribution in [0.2, 0.25) is 0 Å². The summed E-state index contributed by atoms with van der Waals surface area (Å²) in [5, 5.41) is 2.09. The third-order valence-corrected chi connectivity index (χ3v) is 5.25. The molecule has 1 fully saturated rings. The molecule has 0 amide bonds. The molecule has 7 heteroatoms. The molecular weight excluding hydrogens is 426 g/mol. The van der Waals surface area contributed by atoms with Crippen LogP contribution >= 0.6 is 27.7 Å². The molecule has 2 rings (SSSR count). The molecule has 1 heterocycles. The minimum absolute atomic E-state index is 0.232. The molecule has 5 nitrogen and oxygen atoms in total. The number of guanidine groups is 1. The third kappa shape index (κ3) is 6.10. The van der Waals surface area contributed by atoms with Crippen LogP contribution < -0.4 is 5.73 Å². The van der Waals surface area contributed by atoms with E-state index < -0.39 is 5.79 Å². The fourth-order valence-corrected chi connectivity index (χ4v) is 3.61. The van der Waals surface area contributed by atoms with Gasteiger partial charge < -0.3 is 20.1 Å². The van der Waals surface area contributed by atoms with E-state index in [4.69, 9.17) is 20.2 Å². The largest absolute Gasteiger partial charge is 0.370 e. The van der Waals surface area contributed by atoms with E-state index >= 15 is 0 Å². The number of hydrogen-bond acceptors (Lipinski definition) is 4. The summed E-state index contributed by atoms with van der Waals surface area (Å²) in [6.07, 6.45) is 6.82. The van der Waals surface area contributed by atoms with Gasteiger partial charge in [0, 0.05) is 25.0 Å². The Bertz CT molecular complexity index is 713. The molecule has 0 saturated carbocycles. The Balaban J connectivity index is 2.45. The van der Waals surface area contributed by atoms with Gasteiger partial charge in [0.2, 0.25) is 0 Å². The first-order chi connectivity index (χ1) is 12.9. The van der Waals surface area contributed by atoms with E-state index in [0.29, 0.717) is 19.2 Å². The predicted molar refractivity (Wildman–Crippen MR) is 118 cm³/mol. The van der Waals surface area contributed by atoms with Crippen molar-refractivity contribution in [2.45, 2.75) is 25.2 Å². The van der Waals surface area contributed by atoms with Gasteiger partial charge >= 0.3 is 0 Å². The third-order valence-electron chi connectivity index (χ3n) is 4.25. The van der Waals surface area contributed by atoms with Crippen LogP contribution in [0.4, 0.5) is 0 Å². The second-order valence-corrected chi connectivity index (χ2v) is 8.01. The van der Waals surface area contributed by atoms with Gasteiger partial charge in [-0.15, -0.1) is 11.8 Å². The SMILES string of the molecule is CCC1(/C=C/C(=C\SC)C(N=C(N)N(C)C)c2cccc(Br)c2)OCCO1. The summed E-state index contributed by atoms with van der Waals surface area (Å²) in [6, 6.07) is 7.90. The van der Waals surface area contributed by atoms with Crippen molar-refractivity contribution in [2.24, 2.45) is 10.7 Å². The number of nitrogens with two attached hydrogens (primary N) is 1. The molecule has 1 atom stereocenters. The maximum atomic E-state index is 6.15. The molecule has 1 aliphatic heterocycles. The molecule has 0 spiro atoms. The lowest BCUT2D eigenvalue weighted by atomic mass is 9.99. The van der Waals surface area contributed by atoms with Gasteiger partial charge in [-0.3, -0.25) is 0 Å². The highest BCUT2D eigenvalue weighted by molar-refractivity contribution is 9.10. The Morgan fingerprint density at radius 2 is 2.11 bits per heavy atom. The monoisotopic (exact) mass is 453 g/mol. The van der Waals surface area contributed by atoms with Crippen molar-refractivity contribution in [1.29, 1.82) is 0 Å². The van der Waals surface area contributed by atoms with Crippen LogP contribution in [0, 0.1) is 0 Å². The van der Waals surface area contributed by atoms with Crippen LogP contribution in [0.15, 0.2) is 56.9 Å². The maximum absolute atomic E-state index is 6.15. The number of benzene rings is 1. The van der Waals surface area contributed by atoms with E-state index in [2.05, 4.69) is 40.4 Å². The molecule has 0 aromatic heterocycles. The summed E-state index contributed by atoms with van der Waals surface area (Å²) in [4.78, 5) is 6.59. The highest BCUT2D eigenvalue weighted by atomic mass is 79.9. The second-order valence-electron chi connectivity index (χ2n) is 6.39. The summed E-state index contributed by atoms with van der Waals surface area (Å²) in [5.74, 6) is -0.185. The Labute approximate surface area is 174 Å². The fourth-order valence-electron chi connectivity index (χ4n) is 2.71. The van der Waals surface area contributed by atoms with E-state index in [0.717, 1.165) is 22.0 Å². The summed E-state index contributed by atoms with van der Waals surface area (Å²) in [6.45, 7) is 3.28. The fraction of sp³-hybridized carbons (Fsp3) is 0.450. The summed E-state index contributed by atoms with van der Waals surface area (Å²) >= 11 is 5.18. The first-order valence-electron chi connectivity index (χ1n) is 8.87. The van der Waals surface area contributed by atoms with Crippen LogP contribution in [0.1, 0.15) is 24.9 Å². The smallest absolute Gasteiger partial charge is 0.191 e. The molecule has 2 N–H and O–H groups in total. The number of ether oxygens (including phenoxy) is 2. The summed E-state index contributed by atoms with van der Waals surface area (Å²) < 4.78 is 12.6.